The lowest BCUT2D eigenvalue weighted by atomic mass is 10.5. The summed E-state index contributed by atoms with van der Waals surface area (Å²) < 4.78 is -1.54. The van der Waals surface area contributed by atoms with Crippen LogP contribution in [0.3, 0.4) is 0 Å². The third-order valence-electron chi connectivity index (χ3n) is 0.862. The van der Waals surface area contributed by atoms with Crippen molar-refractivity contribution in [3.63, 3.8) is 0 Å². The van der Waals surface area contributed by atoms with Gasteiger partial charge in [0.05, 0.1) is 5.02 Å². The Labute approximate surface area is 77.4 Å². The summed E-state index contributed by atoms with van der Waals surface area (Å²) in [7, 11) is 0. The maximum absolute atomic E-state index is 5.58. The van der Waals surface area contributed by atoms with Crippen LogP contribution in [0.25, 0.3) is 0 Å². The van der Waals surface area contributed by atoms with E-state index in [9.17, 15) is 0 Å². The molecule has 0 saturated heterocycles. The number of rotatable bonds is 0. The van der Waals surface area contributed by atoms with Crippen LogP contribution in [0.5, 0.6) is 0 Å². The summed E-state index contributed by atoms with van der Waals surface area (Å²) in [4.78, 5) is 0. The van der Waals surface area contributed by atoms with Gasteiger partial charge in [0.15, 0.2) is 0 Å². The first-order valence-corrected chi connectivity index (χ1v) is 3.79. The summed E-state index contributed by atoms with van der Waals surface area (Å²) in [6.07, 6.45) is 1.44. The Morgan fingerprint density at radius 1 is 1.40 bits per heavy atom. The van der Waals surface area contributed by atoms with Crippen LogP contribution in [0, 0.1) is 0 Å². The molecule has 1 heterocycles. The molecule has 0 saturated carbocycles. The lowest BCUT2D eigenvalue weighted by Crippen LogP contribution is -2.00. The van der Waals surface area contributed by atoms with Gasteiger partial charge in [-0.05, 0) is 0 Å². The van der Waals surface area contributed by atoms with E-state index in [1.165, 1.54) is 6.20 Å². The third-order valence-corrected chi connectivity index (χ3v) is 1.69. The second kappa shape index (κ2) is 2.78. The number of nitrogens with one attached hydrogen (secondary N) is 1. The highest BCUT2D eigenvalue weighted by Crippen LogP contribution is 2.39. The smallest absolute Gasteiger partial charge is 0.235 e. The molecule has 0 amide bonds. The lowest BCUT2D eigenvalue weighted by Gasteiger charge is -2.05. The molecule has 0 radical (unpaired) electrons. The summed E-state index contributed by atoms with van der Waals surface area (Å²) in [6, 6.07) is 0. The molecule has 0 fully saturated rings. The number of aromatic amines is 1. The summed E-state index contributed by atoms with van der Waals surface area (Å²) in [5, 5.41) is 6.42. The zero-order valence-corrected chi connectivity index (χ0v) is 7.56. The molecule has 0 aromatic carbocycles. The molecule has 0 spiro atoms. The zero-order chi connectivity index (χ0) is 7.78. The number of H-pyrrole nitrogens is 1. The fourth-order valence-electron chi connectivity index (χ4n) is 0.474. The van der Waals surface area contributed by atoms with Crippen LogP contribution >= 0.6 is 46.4 Å². The highest BCUT2D eigenvalue weighted by Gasteiger charge is 2.28. The summed E-state index contributed by atoms with van der Waals surface area (Å²) in [6.45, 7) is 0. The van der Waals surface area contributed by atoms with Crippen molar-refractivity contribution in [1.82, 2.24) is 10.2 Å². The molecule has 10 heavy (non-hydrogen) atoms. The van der Waals surface area contributed by atoms with E-state index in [0.717, 1.165) is 0 Å². The van der Waals surface area contributed by atoms with Crippen molar-refractivity contribution in [2.45, 2.75) is 3.79 Å². The predicted octanol–water partition coefficient (Wildman–Crippen LogP) is 2.89. The minimum Gasteiger partial charge on any atom is -0.284 e. The Hall–Kier alpha value is 0.370. The Morgan fingerprint density at radius 3 is 2.20 bits per heavy atom. The van der Waals surface area contributed by atoms with Gasteiger partial charge >= 0.3 is 0 Å². The molecule has 1 N–H and O–H groups in total. The van der Waals surface area contributed by atoms with Gasteiger partial charge in [-0.15, -0.1) is 0 Å². The van der Waals surface area contributed by atoms with Crippen molar-refractivity contribution in [3.8, 4) is 0 Å². The predicted molar refractivity (Wildman–Crippen MR) is 42.8 cm³/mol. The van der Waals surface area contributed by atoms with E-state index in [1.807, 2.05) is 0 Å². The second-order valence-corrected chi connectivity index (χ2v) is 4.27. The van der Waals surface area contributed by atoms with Crippen molar-refractivity contribution in [3.05, 3.63) is 16.9 Å². The van der Waals surface area contributed by atoms with Crippen LogP contribution in [-0.4, -0.2) is 10.2 Å². The van der Waals surface area contributed by atoms with E-state index in [2.05, 4.69) is 10.2 Å². The first kappa shape index (κ1) is 8.47. The molecule has 0 aliphatic heterocycles. The SMILES string of the molecule is Clc1c[nH]nc1C(Cl)(Cl)Cl. The van der Waals surface area contributed by atoms with Crippen LogP contribution in [0.15, 0.2) is 6.20 Å². The van der Waals surface area contributed by atoms with Gasteiger partial charge < -0.3 is 0 Å². The molecule has 1 rings (SSSR count). The van der Waals surface area contributed by atoms with Crippen molar-refractivity contribution in [1.29, 1.82) is 0 Å². The van der Waals surface area contributed by atoms with Crippen LogP contribution in [-0.2, 0) is 3.79 Å². The number of aromatic nitrogens is 2. The fourth-order valence-corrected chi connectivity index (χ4v) is 1.28. The van der Waals surface area contributed by atoms with Gasteiger partial charge in [-0.2, -0.15) is 5.10 Å². The summed E-state index contributed by atoms with van der Waals surface area (Å²) in [5.41, 5.74) is 0.221. The Morgan fingerprint density at radius 2 is 2.00 bits per heavy atom. The summed E-state index contributed by atoms with van der Waals surface area (Å²) >= 11 is 22.0. The van der Waals surface area contributed by atoms with Gasteiger partial charge in [0, 0.05) is 6.20 Å². The Kier molecular flexibility index (Phi) is 2.35. The quantitative estimate of drug-likeness (QED) is 0.669. The molecule has 0 bridgehead atoms. The van der Waals surface area contributed by atoms with E-state index >= 15 is 0 Å². The first-order valence-electron chi connectivity index (χ1n) is 2.28. The first-order chi connectivity index (χ1) is 4.52. The van der Waals surface area contributed by atoms with Crippen LogP contribution in [0.4, 0.5) is 0 Å². The van der Waals surface area contributed by atoms with Gasteiger partial charge in [-0.3, -0.25) is 5.10 Å². The van der Waals surface area contributed by atoms with Crippen LogP contribution in [0.2, 0.25) is 5.02 Å². The fraction of sp³-hybridized carbons (Fsp3) is 0.250. The number of hydrogen-bond acceptors (Lipinski definition) is 1. The molecule has 0 aliphatic carbocycles. The van der Waals surface area contributed by atoms with Crippen molar-refractivity contribution >= 4 is 46.4 Å². The van der Waals surface area contributed by atoms with Crippen molar-refractivity contribution < 1.29 is 0 Å². The topological polar surface area (TPSA) is 28.7 Å². The van der Waals surface area contributed by atoms with Gasteiger partial charge in [-0.25, -0.2) is 0 Å². The van der Waals surface area contributed by atoms with Crippen LogP contribution in [0.1, 0.15) is 5.69 Å². The van der Waals surface area contributed by atoms with Crippen molar-refractivity contribution in [2.24, 2.45) is 0 Å². The van der Waals surface area contributed by atoms with Gasteiger partial charge in [0.1, 0.15) is 5.69 Å². The highest BCUT2D eigenvalue weighted by atomic mass is 35.6. The summed E-state index contributed by atoms with van der Waals surface area (Å²) in [5.74, 6) is 0. The minimum atomic E-state index is -1.54. The zero-order valence-electron chi connectivity index (χ0n) is 4.54. The van der Waals surface area contributed by atoms with Gasteiger partial charge in [-0.1, -0.05) is 46.4 Å². The van der Waals surface area contributed by atoms with Crippen LogP contribution < -0.4 is 0 Å². The Bertz CT molecular complexity index is 225. The van der Waals surface area contributed by atoms with Gasteiger partial charge in [0.25, 0.3) is 0 Å². The average Bonchev–Trinajstić information content (AvgIpc) is 2.11. The van der Waals surface area contributed by atoms with Crippen molar-refractivity contribution in [2.75, 3.05) is 0 Å². The molecule has 0 atom stereocenters. The van der Waals surface area contributed by atoms with E-state index in [4.69, 9.17) is 46.4 Å². The maximum atomic E-state index is 5.58. The molecular weight excluding hydrogens is 218 g/mol. The molecule has 2 nitrogen and oxygen atoms in total. The minimum absolute atomic E-state index is 0.221. The number of alkyl halides is 3. The molecule has 56 valence electrons. The molecule has 0 unspecified atom stereocenters. The monoisotopic (exact) mass is 218 g/mol. The molecule has 1 aromatic rings. The average molecular weight is 220 g/mol. The molecule has 1 aromatic heterocycles. The molecular formula is C4H2Cl4N2. The second-order valence-electron chi connectivity index (χ2n) is 1.58. The normalized spacial score (nSPS) is 12.0. The number of nitrogens with zero attached hydrogens (tertiary/aromatic N) is 1. The Balaban J connectivity index is 3.05. The van der Waals surface area contributed by atoms with E-state index in [1.54, 1.807) is 0 Å². The van der Waals surface area contributed by atoms with Gasteiger partial charge in [0.2, 0.25) is 3.79 Å². The maximum Gasteiger partial charge on any atom is 0.235 e. The van der Waals surface area contributed by atoms with E-state index in [0.29, 0.717) is 5.02 Å². The number of halogens is 4. The molecule has 6 heteroatoms. The number of hydrogen-bond donors (Lipinski definition) is 1. The van der Waals surface area contributed by atoms with E-state index in [-0.39, 0.29) is 5.69 Å². The lowest BCUT2D eigenvalue weighted by molar-refractivity contribution is 0.999. The molecule has 0 aliphatic rings. The standard InChI is InChI=1S/C4H2Cl4N2/c5-2-1-9-10-3(2)4(6,7)8/h1H,(H,9,10). The highest BCUT2D eigenvalue weighted by molar-refractivity contribution is 6.67. The largest absolute Gasteiger partial charge is 0.284 e. The third kappa shape index (κ3) is 1.70. The van der Waals surface area contributed by atoms with E-state index < -0.39 is 3.79 Å².